The van der Waals surface area contributed by atoms with E-state index < -0.39 is 0 Å². The fourth-order valence-electron chi connectivity index (χ4n) is 5.31. The van der Waals surface area contributed by atoms with Gasteiger partial charge in [-0.15, -0.1) is 0 Å². The molecule has 0 aromatic heterocycles. The Bertz CT molecular complexity index is 746. The van der Waals surface area contributed by atoms with Gasteiger partial charge in [-0.05, 0) is 46.3 Å². The number of hydrogen-bond acceptors (Lipinski definition) is 3. The summed E-state index contributed by atoms with van der Waals surface area (Å²) in [5, 5.41) is 11.2. The SMILES string of the molecule is CCCCCCCCCCCCCCCC(CC(=O)OCCC)c1cc(C(C)(C)C)c(O)c(C(C)(C)C)c1. The molecule has 3 heteroatoms. The molecule has 0 aliphatic rings. The van der Waals surface area contributed by atoms with Gasteiger partial charge in [0.15, 0.2) is 0 Å². The van der Waals surface area contributed by atoms with E-state index in [9.17, 15) is 9.90 Å². The standard InChI is InChI=1S/C35H62O3/c1-9-11-12-13-14-15-16-17-18-19-20-21-22-23-28(27-32(36)38-24-10-2)29-25-30(34(3,4)5)33(37)31(26-29)35(6,7)8/h25-26,28,37H,9-24,27H2,1-8H3. The number of unbranched alkanes of at least 4 members (excludes halogenated alkanes) is 12. The molecule has 0 fully saturated rings. The highest BCUT2D eigenvalue weighted by atomic mass is 16.5. The Morgan fingerprint density at radius 2 is 1.13 bits per heavy atom. The van der Waals surface area contributed by atoms with E-state index in [1.807, 2.05) is 6.92 Å². The summed E-state index contributed by atoms with van der Waals surface area (Å²) in [7, 11) is 0. The van der Waals surface area contributed by atoms with E-state index in [1.54, 1.807) is 0 Å². The van der Waals surface area contributed by atoms with Crippen molar-refractivity contribution in [1.29, 1.82) is 0 Å². The van der Waals surface area contributed by atoms with E-state index in [4.69, 9.17) is 4.74 Å². The molecule has 1 N–H and O–H groups in total. The molecule has 0 saturated carbocycles. The smallest absolute Gasteiger partial charge is 0.306 e. The first kappa shape index (κ1) is 34.5. The molecule has 1 rings (SSSR count). The molecule has 3 nitrogen and oxygen atoms in total. The Morgan fingerprint density at radius 3 is 1.53 bits per heavy atom. The Morgan fingerprint density at radius 1 is 0.711 bits per heavy atom. The number of benzene rings is 1. The van der Waals surface area contributed by atoms with Crippen LogP contribution in [0.4, 0.5) is 0 Å². The number of esters is 1. The number of carbonyl (C=O) groups excluding carboxylic acids is 1. The molecular weight excluding hydrogens is 468 g/mol. The van der Waals surface area contributed by atoms with Crippen molar-refractivity contribution in [2.24, 2.45) is 0 Å². The van der Waals surface area contributed by atoms with Crippen LogP contribution in [-0.2, 0) is 20.4 Å². The van der Waals surface area contributed by atoms with Crippen molar-refractivity contribution >= 4 is 5.97 Å². The molecule has 0 amide bonds. The highest BCUT2D eigenvalue weighted by molar-refractivity contribution is 5.70. The summed E-state index contributed by atoms with van der Waals surface area (Å²) in [6.45, 7) is 17.7. The molecule has 0 saturated heterocycles. The van der Waals surface area contributed by atoms with Crippen LogP contribution in [0.25, 0.3) is 0 Å². The second kappa shape index (κ2) is 18.0. The van der Waals surface area contributed by atoms with Crippen LogP contribution in [-0.4, -0.2) is 17.7 Å². The molecule has 38 heavy (non-hydrogen) atoms. The minimum atomic E-state index is -0.178. The van der Waals surface area contributed by atoms with Gasteiger partial charge in [-0.1, -0.05) is 151 Å². The van der Waals surface area contributed by atoms with Crippen molar-refractivity contribution in [3.63, 3.8) is 0 Å². The van der Waals surface area contributed by atoms with Gasteiger partial charge in [0.1, 0.15) is 5.75 Å². The third-order valence-electron chi connectivity index (χ3n) is 7.76. The van der Waals surface area contributed by atoms with Gasteiger partial charge in [0.25, 0.3) is 0 Å². The van der Waals surface area contributed by atoms with Crippen LogP contribution >= 0.6 is 0 Å². The fraction of sp³-hybridized carbons (Fsp3) is 0.800. The maximum atomic E-state index is 12.7. The molecule has 0 bridgehead atoms. The lowest BCUT2D eigenvalue weighted by atomic mass is 9.76. The van der Waals surface area contributed by atoms with Crippen LogP contribution in [0.1, 0.15) is 181 Å². The van der Waals surface area contributed by atoms with Crippen LogP contribution in [0.5, 0.6) is 5.75 Å². The zero-order valence-corrected chi connectivity index (χ0v) is 26.5. The minimum Gasteiger partial charge on any atom is -0.507 e. The Kier molecular flexibility index (Phi) is 16.3. The monoisotopic (exact) mass is 530 g/mol. The molecule has 1 aromatic rings. The predicted octanol–water partition coefficient (Wildman–Crippen LogP) is 10.9. The number of carbonyl (C=O) groups is 1. The second-order valence-corrected chi connectivity index (χ2v) is 13.6. The summed E-state index contributed by atoms with van der Waals surface area (Å²) in [5.74, 6) is 0.422. The second-order valence-electron chi connectivity index (χ2n) is 13.6. The quantitative estimate of drug-likeness (QED) is 0.143. The van der Waals surface area contributed by atoms with Gasteiger partial charge in [-0.3, -0.25) is 4.79 Å². The molecule has 0 aliphatic carbocycles. The van der Waals surface area contributed by atoms with Crippen LogP contribution < -0.4 is 0 Å². The van der Waals surface area contributed by atoms with E-state index in [0.717, 1.165) is 30.4 Å². The lowest BCUT2D eigenvalue weighted by Gasteiger charge is -2.30. The van der Waals surface area contributed by atoms with Crippen molar-refractivity contribution < 1.29 is 14.6 Å². The number of rotatable bonds is 19. The number of phenols is 1. The maximum absolute atomic E-state index is 12.7. The molecular formula is C35H62O3. The zero-order chi connectivity index (χ0) is 28.6. The third-order valence-corrected chi connectivity index (χ3v) is 7.76. The summed E-state index contributed by atoms with van der Waals surface area (Å²) in [4.78, 5) is 12.7. The van der Waals surface area contributed by atoms with Crippen LogP contribution in [0.2, 0.25) is 0 Å². The van der Waals surface area contributed by atoms with Crippen LogP contribution in [0, 0.1) is 0 Å². The maximum Gasteiger partial charge on any atom is 0.306 e. The molecule has 0 heterocycles. The molecule has 1 unspecified atom stereocenters. The average molecular weight is 531 g/mol. The summed E-state index contributed by atoms with van der Waals surface area (Å²) in [5.41, 5.74) is 2.76. The molecule has 1 atom stereocenters. The number of ether oxygens (including phenoxy) is 1. The summed E-state index contributed by atoms with van der Waals surface area (Å²) in [6, 6.07) is 4.31. The van der Waals surface area contributed by atoms with Crippen LogP contribution in [0.3, 0.4) is 0 Å². The first-order valence-electron chi connectivity index (χ1n) is 15.9. The number of phenolic OH excluding ortho intramolecular Hbond substituents is 1. The molecule has 1 aromatic carbocycles. The van der Waals surface area contributed by atoms with Gasteiger partial charge < -0.3 is 9.84 Å². The largest absolute Gasteiger partial charge is 0.507 e. The van der Waals surface area contributed by atoms with E-state index in [0.29, 0.717) is 18.8 Å². The predicted molar refractivity (Wildman–Crippen MR) is 164 cm³/mol. The van der Waals surface area contributed by atoms with E-state index in [-0.39, 0.29) is 22.7 Å². The summed E-state index contributed by atoms with van der Waals surface area (Å²) < 4.78 is 5.49. The first-order valence-corrected chi connectivity index (χ1v) is 15.9. The minimum absolute atomic E-state index is 0.103. The van der Waals surface area contributed by atoms with Gasteiger partial charge in [-0.2, -0.15) is 0 Å². The van der Waals surface area contributed by atoms with Gasteiger partial charge in [-0.25, -0.2) is 0 Å². The van der Waals surface area contributed by atoms with Gasteiger partial charge in [0.2, 0.25) is 0 Å². The topological polar surface area (TPSA) is 46.5 Å². The van der Waals surface area contributed by atoms with E-state index >= 15 is 0 Å². The van der Waals surface area contributed by atoms with Crippen molar-refractivity contribution in [2.45, 2.75) is 175 Å². The lowest BCUT2D eigenvalue weighted by molar-refractivity contribution is -0.144. The Hall–Kier alpha value is -1.51. The van der Waals surface area contributed by atoms with Crippen molar-refractivity contribution in [3.05, 3.63) is 28.8 Å². The normalized spacial score (nSPS) is 13.1. The Balaban J connectivity index is 2.75. The molecule has 0 radical (unpaired) electrons. The van der Waals surface area contributed by atoms with Crippen LogP contribution in [0.15, 0.2) is 12.1 Å². The lowest BCUT2D eigenvalue weighted by Crippen LogP contribution is -2.19. The molecule has 220 valence electrons. The van der Waals surface area contributed by atoms with Gasteiger partial charge in [0.05, 0.1) is 13.0 Å². The van der Waals surface area contributed by atoms with E-state index in [1.165, 1.54) is 82.6 Å². The number of aromatic hydroxyl groups is 1. The van der Waals surface area contributed by atoms with Gasteiger partial charge in [0, 0.05) is 0 Å². The highest BCUT2D eigenvalue weighted by Gasteiger charge is 2.29. The molecule has 0 spiro atoms. The van der Waals surface area contributed by atoms with Crippen molar-refractivity contribution in [3.8, 4) is 5.75 Å². The van der Waals surface area contributed by atoms with Crippen molar-refractivity contribution in [1.82, 2.24) is 0 Å². The zero-order valence-electron chi connectivity index (χ0n) is 26.5. The van der Waals surface area contributed by atoms with E-state index in [2.05, 4.69) is 60.6 Å². The average Bonchev–Trinajstić information content (AvgIpc) is 2.83. The highest BCUT2D eigenvalue weighted by Crippen LogP contribution is 2.42. The third kappa shape index (κ3) is 13.5. The van der Waals surface area contributed by atoms with Crippen molar-refractivity contribution in [2.75, 3.05) is 6.61 Å². The summed E-state index contributed by atoms with van der Waals surface area (Å²) in [6.07, 6.45) is 19.6. The first-order chi connectivity index (χ1) is 17.9. The fourth-order valence-corrected chi connectivity index (χ4v) is 5.31. The molecule has 0 aliphatic heterocycles. The van der Waals surface area contributed by atoms with Gasteiger partial charge >= 0.3 is 5.97 Å². The number of hydrogen-bond donors (Lipinski definition) is 1. The summed E-state index contributed by atoms with van der Waals surface area (Å²) >= 11 is 0. The Labute approximate surface area is 236 Å².